The van der Waals surface area contributed by atoms with E-state index in [0.717, 1.165) is 5.56 Å². The number of carbonyl (C=O) groups is 1. The van der Waals surface area contributed by atoms with E-state index in [-0.39, 0.29) is 11.5 Å². The molecular formula is C20H19N3O4. The van der Waals surface area contributed by atoms with Crippen molar-refractivity contribution in [1.29, 1.82) is 0 Å². The number of rotatable bonds is 5. The maximum Gasteiger partial charge on any atom is 0.266 e. The van der Waals surface area contributed by atoms with Crippen LogP contribution in [-0.2, 0) is 7.05 Å². The first-order chi connectivity index (χ1) is 13.0. The molecule has 0 unspecified atom stereocenters. The van der Waals surface area contributed by atoms with Crippen molar-refractivity contribution < 1.29 is 14.3 Å². The number of aryl methyl sites for hydroxylation is 1. The Balaban J connectivity index is 1.79. The van der Waals surface area contributed by atoms with Gasteiger partial charge in [-0.1, -0.05) is 12.1 Å². The molecule has 0 aliphatic carbocycles. The molecule has 1 amide bonds. The normalized spacial score (nSPS) is 10.3. The highest BCUT2D eigenvalue weighted by Gasteiger charge is 2.11. The zero-order valence-corrected chi connectivity index (χ0v) is 15.2. The number of amides is 1. The van der Waals surface area contributed by atoms with Crippen molar-refractivity contribution in [2.24, 2.45) is 7.05 Å². The fraction of sp³-hybridized carbons (Fsp3) is 0.150. The number of benzene rings is 2. The Morgan fingerprint density at radius 2 is 1.59 bits per heavy atom. The third-order valence-electron chi connectivity index (χ3n) is 4.01. The van der Waals surface area contributed by atoms with E-state index in [4.69, 9.17) is 9.47 Å². The van der Waals surface area contributed by atoms with Crippen LogP contribution in [0.1, 0.15) is 10.4 Å². The summed E-state index contributed by atoms with van der Waals surface area (Å²) >= 11 is 0. The smallest absolute Gasteiger partial charge is 0.266 e. The van der Waals surface area contributed by atoms with Gasteiger partial charge in [0.05, 0.1) is 19.9 Å². The Morgan fingerprint density at radius 3 is 2.15 bits per heavy atom. The van der Waals surface area contributed by atoms with Crippen LogP contribution in [0.5, 0.6) is 11.5 Å². The number of aromatic nitrogens is 2. The van der Waals surface area contributed by atoms with Gasteiger partial charge in [-0.2, -0.15) is 5.10 Å². The molecule has 3 aromatic rings. The highest BCUT2D eigenvalue weighted by molar-refractivity contribution is 6.04. The predicted octanol–water partition coefficient (Wildman–Crippen LogP) is 2.72. The van der Waals surface area contributed by atoms with E-state index in [1.807, 2.05) is 12.1 Å². The first-order valence-electron chi connectivity index (χ1n) is 8.19. The lowest BCUT2D eigenvalue weighted by Crippen LogP contribution is -2.18. The summed E-state index contributed by atoms with van der Waals surface area (Å²) in [6, 6.07) is 15.3. The molecule has 3 rings (SSSR count). The SMILES string of the molecule is COc1cc(OC)cc(C(=O)Nc2ccc(-c3ccc(=O)n(C)n3)cc2)c1. The summed E-state index contributed by atoms with van der Waals surface area (Å²) in [5.41, 5.74) is 2.40. The van der Waals surface area contributed by atoms with Gasteiger partial charge in [0.2, 0.25) is 0 Å². The maximum atomic E-state index is 12.5. The summed E-state index contributed by atoms with van der Waals surface area (Å²) in [6.07, 6.45) is 0. The number of carbonyl (C=O) groups excluding carboxylic acids is 1. The lowest BCUT2D eigenvalue weighted by molar-refractivity contribution is 0.102. The molecule has 1 N–H and O–H groups in total. The van der Waals surface area contributed by atoms with Crippen molar-refractivity contribution in [1.82, 2.24) is 9.78 Å². The minimum absolute atomic E-state index is 0.170. The second-order valence-corrected chi connectivity index (χ2v) is 5.81. The molecule has 1 heterocycles. The zero-order chi connectivity index (χ0) is 19.4. The third kappa shape index (κ3) is 4.14. The van der Waals surface area contributed by atoms with Crippen molar-refractivity contribution >= 4 is 11.6 Å². The molecule has 7 nitrogen and oxygen atoms in total. The predicted molar refractivity (Wildman–Crippen MR) is 102 cm³/mol. The van der Waals surface area contributed by atoms with Crippen molar-refractivity contribution in [3.05, 3.63) is 70.5 Å². The summed E-state index contributed by atoms with van der Waals surface area (Å²) in [6.45, 7) is 0. The Bertz CT molecular complexity index is 1000. The molecule has 138 valence electrons. The van der Waals surface area contributed by atoms with Gasteiger partial charge in [0, 0.05) is 36.0 Å². The van der Waals surface area contributed by atoms with Crippen LogP contribution in [-0.4, -0.2) is 29.9 Å². The van der Waals surface area contributed by atoms with E-state index in [0.29, 0.717) is 28.4 Å². The number of hydrogen-bond acceptors (Lipinski definition) is 5. The Labute approximate surface area is 156 Å². The Morgan fingerprint density at radius 1 is 0.963 bits per heavy atom. The molecule has 7 heteroatoms. The molecular weight excluding hydrogens is 346 g/mol. The first-order valence-corrected chi connectivity index (χ1v) is 8.19. The van der Waals surface area contributed by atoms with Gasteiger partial charge in [-0.15, -0.1) is 0 Å². The molecule has 0 saturated heterocycles. The number of ether oxygens (including phenoxy) is 2. The number of methoxy groups -OCH3 is 2. The van der Waals surface area contributed by atoms with Crippen molar-refractivity contribution in [3.8, 4) is 22.8 Å². The van der Waals surface area contributed by atoms with Crippen molar-refractivity contribution in [2.75, 3.05) is 19.5 Å². The van der Waals surface area contributed by atoms with Gasteiger partial charge in [-0.05, 0) is 30.3 Å². The number of nitrogens with one attached hydrogen (secondary N) is 1. The van der Waals surface area contributed by atoms with Gasteiger partial charge in [0.15, 0.2) is 0 Å². The molecule has 0 saturated carbocycles. The largest absolute Gasteiger partial charge is 0.497 e. The molecule has 0 aliphatic heterocycles. The van der Waals surface area contributed by atoms with Crippen LogP contribution in [0.4, 0.5) is 5.69 Å². The second-order valence-electron chi connectivity index (χ2n) is 5.81. The summed E-state index contributed by atoms with van der Waals surface area (Å²) in [5.74, 6) is 0.798. The summed E-state index contributed by atoms with van der Waals surface area (Å²) in [7, 11) is 4.66. The van der Waals surface area contributed by atoms with Gasteiger partial charge in [0.1, 0.15) is 11.5 Å². The Hall–Kier alpha value is -3.61. The van der Waals surface area contributed by atoms with Crippen LogP contribution >= 0.6 is 0 Å². The van der Waals surface area contributed by atoms with E-state index in [1.54, 1.807) is 43.4 Å². The fourth-order valence-corrected chi connectivity index (χ4v) is 2.52. The van der Waals surface area contributed by atoms with E-state index in [9.17, 15) is 9.59 Å². The highest BCUT2D eigenvalue weighted by atomic mass is 16.5. The van der Waals surface area contributed by atoms with Gasteiger partial charge in [0.25, 0.3) is 11.5 Å². The van der Waals surface area contributed by atoms with Crippen molar-refractivity contribution in [3.63, 3.8) is 0 Å². The van der Waals surface area contributed by atoms with E-state index >= 15 is 0 Å². The van der Waals surface area contributed by atoms with Gasteiger partial charge >= 0.3 is 0 Å². The summed E-state index contributed by atoms with van der Waals surface area (Å²) in [5, 5.41) is 7.04. The van der Waals surface area contributed by atoms with Crippen LogP contribution in [0, 0.1) is 0 Å². The molecule has 0 aliphatic rings. The minimum atomic E-state index is -0.278. The molecule has 27 heavy (non-hydrogen) atoms. The zero-order valence-electron chi connectivity index (χ0n) is 15.2. The minimum Gasteiger partial charge on any atom is -0.497 e. The van der Waals surface area contributed by atoms with Crippen LogP contribution in [0.15, 0.2) is 59.4 Å². The third-order valence-corrected chi connectivity index (χ3v) is 4.01. The number of hydrogen-bond donors (Lipinski definition) is 1. The van der Waals surface area contributed by atoms with Crippen LogP contribution < -0.4 is 20.3 Å². The van der Waals surface area contributed by atoms with Gasteiger partial charge in [-0.25, -0.2) is 4.68 Å². The monoisotopic (exact) mass is 365 g/mol. The van der Waals surface area contributed by atoms with Crippen LogP contribution in [0.2, 0.25) is 0 Å². The Kier molecular flexibility index (Phi) is 5.21. The van der Waals surface area contributed by atoms with Crippen molar-refractivity contribution in [2.45, 2.75) is 0 Å². The lowest BCUT2D eigenvalue weighted by atomic mass is 10.1. The molecule has 0 atom stereocenters. The van der Waals surface area contributed by atoms with Crippen LogP contribution in [0.3, 0.4) is 0 Å². The van der Waals surface area contributed by atoms with Crippen LogP contribution in [0.25, 0.3) is 11.3 Å². The topological polar surface area (TPSA) is 82.5 Å². The first kappa shape index (κ1) is 18.2. The average Bonchev–Trinajstić information content (AvgIpc) is 2.70. The fourth-order valence-electron chi connectivity index (χ4n) is 2.52. The molecule has 0 fully saturated rings. The highest BCUT2D eigenvalue weighted by Crippen LogP contribution is 2.24. The number of nitrogens with zero attached hydrogens (tertiary/aromatic N) is 2. The van der Waals surface area contributed by atoms with Gasteiger partial charge < -0.3 is 14.8 Å². The van der Waals surface area contributed by atoms with Gasteiger partial charge in [-0.3, -0.25) is 9.59 Å². The molecule has 0 radical (unpaired) electrons. The molecule has 1 aromatic heterocycles. The second kappa shape index (κ2) is 7.74. The molecule has 0 bridgehead atoms. The molecule has 0 spiro atoms. The average molecular weight is 365 g/mol. The van der Waals surface area contributed by atoms with E-state index < -0.39 is 0 Å². The molecule has 2 aromatic carbocycles. The quantitative estimate of drug-likeness (QED) is 0.752. The van der Waals surface area contributed by atoms with E-state index in [1.165, 1.54) is 25.0 Å². The number of anilines is 1. The summed E-state index contributed by atoms with van der Waals surface area (Å²) < 4.78 is 11.7. The summed E-state index contributed by atoms with van der Waals surface area (Å²) in [4.78, 5) is 24.0. The maximum absolute atomic E-state index is 12.5. The van der Waals surface area contributed by atoms with E-state index in [2.05, 4.69) is 10.4 Å². The lowest BCUT2D eigenvalue weighted by Gasteiger charge is -2.10. The standard InChI is InChI=1S/C20H19N3O4/c1-23-19(24)9-8-18(22-23)13-4-6-15(7-5-13)21-20(25)14-10-16(26-2)12-17(11-14)27-3/h4-12H,1-3H3,(H,21,25).